The fourth-order valence-electron chi connectivity index (χ4n) is 2.56. The van der Waals surface area contributed by atoms with Crippen LogP contribution in [0.3, 0.4) is 0 Å². The first-order valence-electron chi connectivity index (χ1n) is 8.49. The fourth-order valence-corrected chi connectivity index (χ4v) is 2.68. The molecule has 0 fully saturated rings. The second kappa shape index (κ2) is 8.63. The van der Waals surface area contributed by atoms with Crippen LogP contribution < -0.4 is 14.8 Å². The molecule has 0 radical (unpaired) electrons. The van der Waals surface area contributed by atoms with E-state index in [0.29, 0.717) is 6.61 Å². The molecule has 0 atom stereocenters. The van der Waals surface area contributed by atoms with E-state index in [1.165, 1.54) is 5.56 Å². The van der Waals surface area contributed by atoms with Crippen molar-refractivity contribution in [1.29, 1.82) is 0 Å². The molecule has 0 aromatic heterocycles. The summed E-state index contributed by atoms with van der Waals surface area (Å²) in [6.07, 6.45) is 0. The van der Waals surface area contributed by atoms with Gasteiger partial charge in [0, 0.05) is 17.3 Å². The Balaban J connectivity index is 1.63. The van der Waals surface area contributed by atoms with E-state index in [9.17, 15) is 0 Å². The topological polar surface area (TPSA) is 30.5 Å². The van der Waals surface area contributed by atoms with E-state index >= 15 is 0 Å². The van der Waals surface area contributed by atoms with E-state index in [4.69, 9.17) is 21.1 Å². The molecule has 0 aliphatic rings. The summed E-state index contributed by atoms with van der Waals surface area (Å²) in [5.74, 6) is 1.45. The third-order valence-corrected chi connectivity index (χ3v) is 4.34. The van der Waals surface area contributed by atoms with Gasteiger partial charge in [0.05, 0.1) is 7.11 Å². The van der Waals surface area contributed by atoms with Crippen LogP contribution in [0.5, 0.6) is 11.5 Å². The number of halogens is 1. The summed E-state index contributed by atoms with van der Waals surface area (Å²) in [6, 6.07) is 22.0. The smallest absolute Gasteiger partial charge is 0.161 e. The molecule has 3 nitrogen and oxygen atoms in total. The Kier molecular flexibility index (Phi) is 6.03. The van der Waals surface area contributed by atoms with Crippen LogP contribution in [-0.4, -0.2) is 7.11 Å². The first kappa shape index (κ1) is 18.2. The van der Waals surface area contributed by atoms with Gasteiger partial charge in [0.2, 0.25) is 0 Å². The third-order valence-electron chi connectivity index (χ3n) is 4.08. The van der Waals surface area contributed by atoms with E-state index < -0.39 is 0 Å². The average Bonchev–Trinajstić information content (AvgIpc) is 2.67. The molecule has 26 heavy (non-hydrogen) atoms. The molecule has 3 aromatic rings. The van der Waals surface area contributed by atoms with Gasteiger partial charge in [-0.15, -0.1) is 0 Å². The number of methoxy groups -OCH3 is 1. The summed E-state index contributed by atoms with van der Waals surface area (Å²) in [4.78, 5) is 0. The highest BCUT2D eigenvalue weighted by atomic mass is 35.5. The number of benzene rings is 3. The summed E-state index contributed by atoms with van der Waals surface area (Å²) in [7, 11) is 1.65. The molecule has 3 aromatic carbocycles. The zero-order valence-corrected chi connectivity index (χ0v) is 15.7. The molecule has 134 valence electrons. The van der Waals surface area contributed by atoms with Gasteiger partial charge >= 0.3 is 0 Å². The molecule has 0 unspecified atom stereocenters. The molecule has 0 saturated heterocycles. The van der Waals surface area contributed by atoms with Gasteiger partial charge < -0.3 is 14.8 Å². The van der Waals surface area contributed by atoms with Crippen LogP contribution in [-0.2, 0) is 13.2 Å². The predicted octanol–water partition coefficient (Wildman–Crippen LogP) is 5.85. The standard InChI is InChI=1S/C22H22ClNO2/c1-16-3-10-20(11-4-16)24-14-18-7-12-21(22(13-18)25-2)26-15-17-5-8-19(23)9-6-17/h3-13,24H,14-15H2,1-2H3. The molecule has 3 rings (SSSR count). The Labute approximate surface area is 159 Å². The molecule has 0 aliphatic carbocycles. The molecule has 1 N–H and O–H groups in total. The molecule has 0 heterocycles. The monoisotopic (exact) mass is 367 g/mol. The number of rotatable bonds is 7. The lowest BCUT2D eigenvalue weighted by atomic mass is 10.2. The van der Waals surface area contributed by atoms with Gasteiger partial charge in [-0.3, -0.25) is 0 Å². The van der Waals surface area contributed by atoms with E-state index in [0.717, 1.165) is 39.9 Å². The van der Waals surface area contributed by atoms with Crippen LogP contribution >= 0.6 is 11.6 Å². The lowest BCUT2D eigenvalue weighted by molar-refractivity contribution is 0.284. The number of anilines is 1. The summed E-state index contributed by atoms with van der Waals surface area (Å²) < 4.78 is 11.4. The normalized spacial score (nSPS) is 10.4. The zero-order valence-electron chi connectivity index (χ0n) is 15.0. The van der Waals surface area contributed by atoms with Crippen molar-refractivity contribution in [2.24, 2.45) is 0 Å². The SMILES string of the molecule is COc1cc(CNc2ccc(C)cc2)ccc1OCc1ccc(Cl)cc1. The van der Waals surface area contributed by atoms with Crippen molar-refractivity contribution < 1.29 is 9.47 Å². The number of hydrogen-bond donors (Lipinski definition) is 1. The number of aryl methyl sites for hydroxylation is 1. The highest BCUT2D eigenvalue weighted by Gasteiger charge is 2.07. The Morgan fingerprint density at radius 1 is 0.846 bits per heavy atom. The molecule has 0 aliphatic heterocycles. The van der Waals surface area contributed by atoms with Gasteiger partial charge in [0.1, 0.15) is 6.61 Å². The lowest BCUT2D eigenvalue weighted by Crippen LogP contribution is -2.02. The maximum atomic E-state index is 5.91. The molecular formula is C22H22ClNO2. The summed E-state index contributed by atoms with van der Waals surface area (Å²) in [5, 5.41) is 4.13. The molecule has 0 spiro atoms. The van der Waals surface area contributed by atoms with Crippen LogP contribution in [0, 0.1) is 6.92 Å². The first-order valence-corrected chi connectivity index (χ1v) is 8.86. The van der Waals surface area contributed by atoms with Crippen LogP contribution in [0.15, 0.2) is 66.7 Å². The lowest BCUT2D eigenvalue weighted by Gasteiger charge is -2.13. The minimum absolute atomic E-state index is 0.467. The van der Waals surface area contributed by atoms with Gasteiger partial charge in [-0.25, -0.2) is 0 Å². The zero-order chi connectivity index (χ0) is 18.4. The van der Waals surface area contributed by atoms with E-state index in [1.807, 2.05) is 42.5 Å². The summed E-state index contributed by atoms with van der Waals surface area (Å²) in [5.41, 5.74) is 4.53. The number of nitrogens with one attached hydrogen (secondary N) is 1. The number of hydrogen-bond acceptors (Lipinski definition) is 3. The largest absolute Gasteiger partial charge is 0.493 e. The third kappa shape index (κ3) is 4.93. The average molecular weight is 368 g/mol. The Morgan fingerprint density at radius 2 is 1.54 bits per heavy atom. The van der Waals surface area contributed by atoms with Gasteiger partial charge in [-0.2, -0.15) is 0 Å². The summed E-state index contributed by atoms with van der Waals surface area (Å²) in [6.45, 7) is 3.27. The Bertz CT molecular complexity index is 845. The van der Waals surface area contributed by atoms with Crippen molar-refractivity contribution in [3.8, 4) is 11.5 Å². The quantitative estimate of drug-likeness (QED) is 0.568. The van der Waals surface area contributed by atoms with Gasteiger partial charge in [0.15, 0.2) is 11.5 Å². The van der Waals surface area contributed by atoms with E-state index in [-0.39, 0.29) is 0 Å². The van der Waals surface area contributed by atoms with Crippen molar-refractivity contribution in [3.05, 3.63) is 88.4 Å². The van der Waals surface area contributed by atoms with Crippen molar-refractivity contribution in [2.45, 2.75) is 20.1 Å². The molecular weight excluding hydrogens is 346 g/mol. The van der Waals surface area contributed by atoms with Crippen molar-refractivity contribution in [1.82, 2.24) is 0 Å². The van der Waals surface area contributed by atoms with Gasteiger partial charge in [-0.1, -0.05) is 47.5 Å². The molecule has 0 amide bonds. The van der Waals surface area contributed by atoms with Crippen molar-refractivity contribution in [3.63, 3.8) is 0 Å². The molecule has 0 bridgehead atoms. The Morgan fingerprint density at radius 3 is 2.23 bits per heavy atom. The minimum Gasteiger partial charge on any atom is -0.493 e. The Hall–Kier alpha value is -2.65. The fraction of sp³-hybridized carbons (Fsp3) is 0.182. The van der Waals surface area contributed by atoms with Crippen LogP contribution in [0.4, 0.5) is 5.69 Å². The first-order chi connectivity index (χ1) is 12.6. The molecule has 0 saturated carbocycles. The highest BCUT2D eigenvalue weighted by Crippen LogP contribution is 2.29. The predicted molar refractivity (Wildman–Crippen MR) is 107 cm³/mol. The van der Waals surface area contributed by atoms with E-state index in [2.05, 4.69) is 36.5 Å². The van der Waals surface area contributed by atoms with Crippen molar-refractivity contribution in [2.75, 3.05) is 12.4 Å². The highest BCUT2D eigenvalue weighted by molar-refractivity contribution is 6.30. The van der Waals surface area contributed by atoms with Crippen LogP contribution in [0.25, 0.3) is 0 Å². The maximum absolute atomic E-state index is 5.91. The van der Waals surface area contributed by atoms with Gasteiger partial charge in [-0.05, 0) is 54.4 Å². The molecule has 4 heteroatoms. The van der Waals surface area contributed by atoms with Crippen molar-refractivity contribution >= 4 is 17.3 Å². The summed E-state index contributed by atoms with van der Waals surface area (Å²) >= 11 is 5.91. The minimum atomic E-state index is 0.467. The second-order valence-electron chi connectivity index (χ2n) is 6.12. The van der Waals surface area contributed by atoms with Gasteiger partial charge in [0.25, 0.3) is 0 Å². The maximum Gasteiger partial charge on any atom is 0.161 e. The second-order valence-corrected chi connectivity index (χ2v) is 6.56. The number of ether oxygens (including phenoxy) is 2. The van der Waals surface area contributed by atoms with Crippen LogP contribution in [0.1, 0.15) is 16.7 Å². The van der Waals surface area contributed by atoms with E-state index in [1.54, 1.807) is 7.11 Å². The van der Waals surface area contributed by atoms with Crippen LogP contribution in [0.2, 0.25) is 5.02 Å².